The van der Waals surface area contributed by atoms with E-state index in [4.69, 9.17) is 32.7 Å². The zero-order valence-electron chi connectivity index (χ0n) is 18.1. The van der Waals surface area contributed by atoms with E-state index in [2.05, 4.69) is 6.58 Å². The van der Waals surface area contributed by atoms with Gasteiger partial charge in [0.05, 0.1) is 19.2 Å². The van der Waals surface area contributed by atoms with Crippen LogP contribution in [0.4, 0.5) is 0 Å². The molecular formula is C22H27Cl2NO5S. The summed E-state index contributed by atoms with van der Waals surface area (Å²) in [6.45, 7) is 8.41. The second-order valence-corrected chi connectivity index (χ2v) is 8.54. The average molecular weight is 488 g/mol. The van der Waals surface area contributed by atoms with E-state index in [1.54, 1.807) is 23.1 Å². The number of nitrogens with zero attached hydrogens (tertiary/aromatic N) is 1. The molecule has 1 aromatic carbocycles. The van der Waals surface area contributed by atoms with E-state index >= 15 is 0 Å². The van der Waals surface area contributed by atoms with Gasteiger partial charge in [-0.05, 0) is 43.4 Å². The van der Waals surface area contributed by atoms with E-state index in [-0.39, 0.29) is 18.7 Å². The molecule has 6 nitrogen and oxygen atoms in total. The van der Waals surface area contributed by atoms with E-state index in [1.165, 1.54) is 38.1 Å². The largest absolute Gasteiger partial charge is 0.468 e. The molecule has 0 atom stereocenters. The molecule has 0 N–H and O–H groups in total. The first-order valence-corrected chi connectivity index (χ1v) is 11.2. The van der Waals surface area contributed by atoms with Gasteiger partial charge < -0.3 is 14.4 Å². The minimum Gasteiger partial charge on any atom is -0.468 e. The monoisotopic (exact) mass is 487 g/mol. The molecule has 0 bridgehead atoms. The lowest BCUT2D eigenvalue weighted by Gasteiger charge is -2.28. The number of hydrogen-bond donors (Lipinski definition) is 0. The lowest BCUT2D eigenvalue weighted by Crippen LogP contribution is -2.41. The molecule has 1 rings (SSSR count). The van der Waals surface area contributed by atoms with Crippen molar-refractivity contribution in [2.45, 2.75) is 31.6 Å². The number of amides is 1. The molecule has 170 valence electrons. The molecule has 0 heterocycles. The molecule has 0 fully saturated rings. The first-order valence-electron chi connectivity index (χ1n) is 9.59. The highest BCUT2D eigenvalue weighted by Crippen LogP contribution is 2.42. The van der Waals surface area contributed by atoms with Gasteiger partial charge in [-0.1, -0.05) is 41.0 Å². The average Bonchev–Trinajstić information content (AvgIpc) is 2.74. The second kappa shape index (κ2) is 12.8. The summed E-state index contributed by atoms with van der Waals surface area (Å²) < 4.78 is 9.83. The van der Waals surface area contributed by atoms with Crippen LogP contribution in [0, 0.1) is 5.41 Å². The van der Waals surface area contributed by atoms with Crippen molar-refractivity contribution in [2.75, 3.05) is 27.3 Å². The molecule has 0 saturated heterocycles. The lowest BCUT2D eigenvalue weighted by atomic mass is 9.80. The van der Waals surface area contributed by atoms with Crippen molar-refractivity contribution in [3.05, 3.63) is 51.9 Å². The van der Waals surface area contributed by atoms with Crippen molar-refractivity contribution in [3.8, 4) is 0 Å². The van der Waals surface area contributed by atoms with Crippen molar-refractivity contribution in [1.29, 1.82) is 0 Å². The van der Waals surface area contributed by atoms with Crippen molar-refractivity contribution in [3.63, 3.8) is 0 Å². The fraction of sp³-hybridized carbons (Fsp3) is 0.409. The predicted molar refractivity (Wildman–Crippen MR) is 124 cm³/mol. The van der Waals surface area contributed by atoms with Crippen LogP contribution >= 0.6 is 35.0 Å². The van der Waals surface area contributed by atoms with Crippen LogP contribution < -0.4 is 0 Å². The van der Waals surface area contributed by atoms with Crippen LogP contribution in [0.5, 0.6) is 0 Å². The zero-order chi connectivity index (χ0) is 23.6. The smallest absolute Gasteiger partial charge is 0.323 e. The molecule has 0 aromatic heterocycles. The SMILES string of the molecule is C=CCC(C/C(=C/C(=O)N(CC)CC)Sc1ccc(Cl)cc1Cl)(C(=O)OC)C(=O)OC. The van der Waals surface area contributed by atoms with Gasteiger partial charge in [0, 0.05) is 35.5 Å². The first-order chi connectivity index (χ1) is 14.7. The number of methoxy groups -OCH3 is 2. The van der Waals surface area contributed by atoms with Crippen LogP contribution in [0.1, 0.15) is 26.7 Å². The van der Waals surface area contributed by atoms with Crippen LogP contribution in [0.25, 0.3) is 0 Å². The van der Waals surface area contributed by atoms with Crippen molar-refractivity contribution >= 4 is 52.8 Å². The normalized spacial score (nSPS) is 11.6. The van der Waals surface area contributed by atoms with E-state index in [0.29, 0.717) is 32.9 Å². The minimum atomic E-state index is -1.69. The summed E-state index contributed by atoms with van der Waals surface area (Å²) in [6, 6.07) is 4.95. The Bertz CT molecular complexity index is 836. The molecule has 0 unspecified atom stereocenters. The van der Waals surface area contributed by atoms with Gasteiger partial charge in [0.2, 0.25) is 5.91 Å². The number of rotatable bonds is 11. The van der Waals surface area contributed by atoms with Crippen LogP contribution in [0.2, 0.25) is 10.0 Å². The number of hydrogen-bond acceptors (Lipinski definition) is 6. The number of benzene rings is 1. The van der Waals surface area contributed by atoms with Gasteiger partial charge in [-0.2, -0.15) is 0 Å². The van der Waals surface area contributed by atoms with E-state index in [1.807, 2.05) is 13.8 Å². The molecule has 1 amide bonds. The minimum absolute atomic E-state index is 0.0297. The van der Waals surface area contributed by atoms with Crippen molar-refractivity contribution in [2.24, 2.45) is 5.41 Å². The Hall–Kier alpha value is -1.96. The Kier molecular flexibility index (Phi) is 11.2. The van der Waals surface area contributed by atoms with Crippen LogP contribution in [0.15, 0.2) is 46.7 Å². The number of ether oxygens (including phenoxy) is 2. The number of likely N-dealkylation sites (N-methyl/N-ethyl adjacent to an activating group) is 1. The summed E-state index contributed by atoms with van der Waals surface area (Å²) in [6.07, 6.45) is 2.69. The van der Waals surface area contributed by atoms with E-state index in [0.717, 1.165) is 0 Å². The molecule has 0 aliphatic rings. The third kappa shape index (κ3) is 7.02. The summed E-state index contributed by atoms with van der Waals surface area (Å²) in [5.74, 6) is -1.80. The topological polar surface area (TPSA) is 72.9 Å². The quantitative estimate of drug-likeness (QED) is 0.141. The highest BCUT2D eigenvalue weighted by Gasteiger charge is 2.48. The summed E-state index contributed by atoms with van der Waals surface area (Å²) in [5, 5.41) is 0.841. The van der Waals surface area contributed by atoms with Gasteiger partial charge >= 0.3 is 11.9 Å². The van der Waals surface area contributed by atoms with Gasteiger partial charge in [0.15, 0.2) is 5.41 Å². The highest BCUT2D eigenvalue weighted by molar-refractivity contribution is 8.03. The van der Waals surface area contributed by atoms with Crippen molar-refractivity contribution in [1.82, 2.24) is 4.90 Å². The van der Waals surface area contributed by atoms with Gasteiger partial charge in [-0.25, -0.2) is 0 Å². The molecule has 1 aromatic rings. The molecular weight excluding hydrogens is 461 g/mol. The Morgan fingerprint density at radius 3 is 2.16 bits per heavy atom. The number of esters is 2. The fourth-order valence-corrected chi connectivity index (χ4v) is 4.56. The highest BCUT2D eigenvalue weighted by atomic mass is 35.5. The molecule has 0 radical (unpaired) electrons. The van der Waals surface area contributed by atoms with Crippen molar-refractivity contribution < 1.29 is 23.9 Å². The maximum atomic E-state index is 12.8. The lowest BCUT2D eigenvalue weighted by molar-refractivity contribution is -0.168. The molecule has 0 aliphatic carbocycles. The third-order valence-corrected chi connectivity index (χ3v) is 6.38. The number of carbonyl (C=O) groups excluding carboxylic acids is 3. The van der Waals surface area contributed by atoms with Crippen LogP contribution in [-0.2, 0) is 23.9 Å². The van der Waals surface area contributed by atoms with E-state index < -0.39 is 17.4 Å². The Balaban J connectivity index is 3.54. The molecule has 9 heteroatoms. The molecule has 0 saturated carbocycles. The Morgan fingerprint density at radius 2 is 1.71 bits per heavy atom. The summed E-state index contributed by atoms with van der Waals surface area (Å²) in [7, 11) is 2.38. The van der Waals surface area contributed by atoms with Gasteiger partial charge in [0.25, 0.3) is 0 Å². The maximum absolute atomic E-state index is 12.8. The second-order valence-electron chi connectivity index (χ2n) is 6.53. The molecule has 0 aliphatic heterocycles. The maximum Gasteiger partial charge on any atom is 0.323 e. The van der Waals surface area contributed by atoms with Gasteiger partial charge in [-0.3, -0.25) is 14.4 Å². The molecule has 0 spiro atoms. The predicted octanol–water partition coefficient (Wildman–Crippen LogP) is 5.14. The number of thioether (sulfide) groups is 1. The summed E-state index contributed by atoms with van der Waals surface area (Å²) in [5.41, 5.74) is -1.69. The summed E-state index contributed by atoms with van der Waals surface area (Å²) >= 11 is 13.5. The number of carbonyl (C=O) groups is 3. The van der Waals surface area contributed by atoms with E-state index in [9.17, 15) is 14.4 Å². The fourth-order valence-electron chi connectivity index (χ4n) is 2.98. The third-order valence-electron chi connectivity index (χ3n) is 4.62. The van der Waals surface area contributed by atoms with Gasteiger partial charge in [-0.15, -0.1) is 6.58 Å². The van der Waals surface area contributed by atoms with Crippen LogP contribution in [-0.4, -0.2) is 50.1 Å². The number of allylic oxidation sites excluding steroid dienone is 2. The number of halogens is 2. The zero-order valence-corrected chi connectivity index (χ0v) is 20.4. The van der Waals surface area contributed by atoms with Gasteiger partial charge in [0.1, 0.15) is 0 Å². The standard InChI is InChI=1S/C22H27Cl2NO5S/c1-6-11-22(20(27)29-4,21(28)30-5)14-16(13-19(26)25(7-2)8-3)31-18-10-9-15(23)12-17(18)24/h6,9-10,12-13H,1,7-8,11,14H2,2-5H3/b16-13-. The van der Waals surface area contributed by atoms with Crippen LogP contribution in [0.3, 0.4) is 0 Å². The summed E-state index contributed by atoms with van der Waals surface area (Å²) in [4.78, 5) is 40.9. The first kappa shape index (κ1) is 27.1. The Labute approximate surface area is 197 Å². The molecule has 31 heavy (non-hydrogen) atoms. The Morgan fingerprint density at radius 1 is 1.13 bits per heavy atom.